The summed E-state index contributed by atoms with van der Waals surface area (Å²) in [5, 5.41) is 0. The molecule has 1 fully saturated rings. The summed E-state index contributed by atoms with van der Waals surface area (Å²) in [5.74, 6) is 1.26. The average molecular weight is 220 g/mol. The third-order valence-electron chi connectivity index (χ3n) is 2.84. The van der Waals surface area contributed by atoms with Crippen molar-refractivity contribution in [3.8, 4) is 0 Å². The average Bonchev–Trinajstić information content (AvgIpc) is 2.12. The lowest BCUT2D eigenvalue weighted by Crippen LogP contribution is -2.66. The number of aryl methyl sites for hydroxylation is 1. The first-order chi connectivity index (χ1) is 7.37. The minimum atomic E-state index is -0.0783. The van der Waals surface area contributed by atoms with E-state index in [4.69, 9.17) is 5.73 Å². The second-order valence-electron chi connectivity index (χ2n) is 5.40. The van der Waals surface area contributed by atoms with Crippen LogP contribution in [0.15, 0.2) is 6.07 Å². The maximum Gasteiger partial charge on any atom is 0.225 e. The summed E-state index contributed by atoms with van der Waals surface area (Å²) in [6.07, 6.45) is 0. The highest BCUT2D eigenvalue weighted by atomic mass is 15.3. The Bertz CT molecular complexity index is 390. The van der Waals surface area contributed by atoms with Gasteiger partial charge in [0.15, 0.2) is 0 Å². The largest absolute Gasteiger partial charge is 0.337 e. The fourth-order valence-electron chi connectivity index (χ4n) is 1.98. The van der Waals surface area contributed by atoms with Gasteiger partial charge in [-0.3, -0.25) is 0 Å². The van der Waals surface area contributed by atoms with Gasteiger partial charge in [0.25, 0.3) is 0 Å². The molecule has 0 atom stereocenters. The topological polar surface area (TPSA) is 55.0 Å². The maximum absolute atomic E-state index is 5.99. The monoisotopic (exact) mass is 220 g/mol. The van der Waals surface area contributed by atoms with Crippen molar-refractivity contribution >= 4 is 5.95 Å². The van der Waals surface area contributed by atoms with Crippen LogP contribution in [0, 0.1) is 6.92 Å². The van der Waals surface area contributed by atoms with Crippen LogP contribution >= 0.6 is 0 Å². The smallest absolute Gasteiger partial charge is 0.225 e. The highest BCUT2D eigenvalue weighted by molar-refractivity contribution is 5.39. The Morgan fingerprint density at radius 3 is 2.50 bits per heavy atom. The van der Waals surface area contributed by atoms with Crippen LogP contribution in [0.25, 0.3) is 0 Å². The maximum atomic E-state index is 5.99. The lowest BCUT2D eigenvalue weighted by molar-refractivity contribution is 0.359. The van der Waals surface area contributed by atoms with Crippen LogP contribution in [-0.2, 0) is 0 Å². The van der Waals surface area contributed by atoms with Gasteiger partial charge in [-0.1, -0.05) is 13.8 Å². The normalized spacial score (nSPS) is 18.8. The second kappa shape index (κ2) is 3.70. The Morgan fingerprint density at radius 1 is 1.38 bits per heavy atom. The van der Waals surface area contributed by atoms with Crippen LogP contribution in [0.4, 0.5) is 5.95 Å². The van der Waals surface area contributed by atoms with Crippen LogP contribution < -0.4 is 10.6 Å². The molecule has 2 N–H and O–H groups in total. The van der Waals surface area contributed by atoms with E-state index < -0.39 is 0 Å². The fourth-order valence-corrected chi connectivity index (χ4v) is 1.98. The van der Waals surface area contributed by atoms with Crippen molar-refractivity contribution in [2.75, 3.05) is 18.0 Å². The summed E-state index contributed by atoms with van der Waals surface area (Å²) in [7, 11) is 0. The number of aromatic nitrogens is 2. The first-order valence-corrected chi connectivity index (χ1v) is 5.77. The zero-order valence-corrected chi connectivity index (χ0v) is 10.5. The summed E-state index contributed by atoms with van der Waals surface area (Å²) >= 11 is 0. The summed E-state index contributed by atoms with van der Waals surface area (Å²) in [6.45, 7) is 10.0. The van der Waals surface area contributed by atoms with Crippen LogP contribution in [0.2, 0.25) is 0 Å². The molecule has 16 heavy (non-hydrogen) atoms. The number of hydrogen-bond donors (Lipinski definition) is 1. The molecule has 2 heterocycles. The molecule has 0 aliphatic carbocycles. The zero-order chi connectivity index (χ0) is 11.9. The molecule has 1 aromatic rings. The standard InChI is InChI=1S/C12H20N4/c1-8(2)10-5-9(3)14-11(15-10)16-6-12(4,13)7-16/h5,8H,6-7,13H2,1-4H3. The molecule has 0 bridgehead atoms. The van der Waals surface area contributed by atoms with Crippen LogP contribution in [0.3, 0.4) is 0 Å². The van der Waals surface area contributed by atoms with E-state index in [0.29, 0.717) is 5.92 Å². The highest BCUT2D eigenvalue weighted by Crippen LogP contribution is 2.24. The first-order valence-electron chi connectivity index (χ1n) is 5.77. The van der Waals surface area contributed by atoms with Crippen LogP contribution in [-0.4, -0.2) is 28.6 Å². The fraction of sp³-hybridized carbons (Fsp3) is 0.667. The lowest BCUT2D eigenvalue weighted by atomic mass is 9.94. The Labute approximate surface area is 96.9 Å². The Morgan fingerprint density at radius 2 is 2.00 bits per heavy atom. The number of anilines is 1. The van der Waals surface area contributed by atoms with Gasteiger partial charge in [-0.05, 0) is 25.8 Å². The minimum Gasteiger partial charge on any atom is -0.337 e. The van der Waals surface area contributed by atoms with E-state index in [1.54, 1.807) is 0 Å². The highest BCUT2D eigenvalue weighted by Gasteiger charge is 2.36. The molecule has 4 heteroatoms. The van der Waals surface area contributed by atoms with Crippen molar-refractivity contribution in [3.63, 3.8) is 0 Å². The summed E-state index contributed by atoms with van der Waals surface area (Å²) in [4.78, 5) is 11.2. The van der Waals surface area contributed by atoms with Gasteiger partial charge in [-0.2, -0.15) is 0 Å². The van der Waals surface area contributed by atoms with E-state index in [2.05, 4.69) is 41.7 Å². The summed E-state index contributed by atoms with van der Waals surface area (Å²) < 4.78 is 0. The molecule has 1 aromatic heterocycles. The molecule has 1 saturated heterocycles. The molecule has 1 aliphatic rings. The van der Waals surface area contributed by atoms with Crippen LogP contribution in [0.5, 0.6) is 0 Å². The predicted octanol–water partition coefficient (Wildman–Crippen LogP) is 1.45. The molecule has 0 aromatic carbocycles. The van der Waals surface area contributed by atoms with Gasteiger partial charge in [0, 0.05) is 30.0 Å². The first kappa shape index (κ1) is 11.3. The molecular formula is C12H20N4. The number of nitrogens with two attached hydrogens (primary N) is 1. The predicted molar refractivity (Wildman–Crippen MR) is 65.7 cm³/mol. The molecule has 2 rings (SSSR count). The van der Waals surface area contributed by atoms with Crippen molar-refractivity contribution < 1.29 is 0 Å². The van der Waals surface area contributed by atoms with Gasteiger partial charge in [0.2, 0.25) is 5.95 Å². The summed E-state index contributed by atoms with van der Waals surface area (Å²) in [6, 6.07) is 2.05. The van der Waals surface area contributed by atoms with Gasteiger partial charge in [-0.25, -0.2) is 9.97 Å². The van der Waals surface area contributed by atoms with Crippen molar-refractivity contribution in [1.29, 1.82) is 0 Å². The van der Waals surface area contributed by atoms with E-state index in [-0.39, 0.29) is 5.54 Å². The number of nitrogens with zero attached hydrogens (tertiary/aromatic N) is 3. The third kappa shape index (κ3) is 2.16. The quantitative estimate of drug-likeness (QED) is 0.819. The molecule has 0 spiro atoms. The van der Waals surface area contributed by atoms with Crippen molar-refractivity contribution in [2.45, 2.75) is 39.2 Å². The third-order valence-corrected chi connectivity index (χ3v) is 2.84. The molecule has 0 unspecified atom stereocenters. The van der Waals surface area contributed by atoms with E-state index in [1.807, 2.05) is 6.92 Å². The number of hydrogen-bond acceptors (Lipinski definition) is 4. The Hall–Kier alpha value is -1.16. The molecule has 88 valence electrons. The molecule has 0 saturated carbocycles. The van der Waals surface area contributed by atoms with E-state index in [0.717, 1.165) is 30.4 Å². The van der Waals surface area contributed by atoms with E-state index in [1.165, 1.54) is 0 Å². The van der Waals surface area contributed by atoms with Crippen molar-refractivity contribution in [1.82, 2.24) is 9.97 Å². The molecule has 1 aliphatic heterocycles. The van der Waals surface area contributed by atoms with Crippen molar-refractivity contribution in [3.05, 3.63) is 17.5 Å². The van der Waals surface area contributed by atoms with Crippen LogP contribution in [0.1, 0.15) is 38.1 Å². The SMILES string of the molecule is Cc1cc(C(C)C)nc(N2CC(C)(N)C2)n1. The van der Waals surface area contributed by atoms with E-state index >= 15 is 0 Å². The summed E-state index contributed by atoms with van der Waals surface area (Å²) in [5.41, 5.74) is 8.04. The van der Waals surface area contributed by atoms with Crippen molar-refractivity contribution in [2.24, 2.45) is 5.73 Å². The zero-order valence-electron chi connectivity index (χ0n) is 10.5. The Balaban J connectivity index is 2.22. The molecule has 4 nitrogen and oxygen atoms in total. The molecule has 0 amide bonds. The Kier molecular flexibility index (Phi) is 2.62. The van der Waals surface area contributed by atoms with Gasteiger partial charge >= 0.3 is 0 Å². The van der Waals surface area contributed by atoms with Gasteiger partial charge in [0.1, 0.15) is 0 Å². The van der Waals surface area contributed by atoms with Gasteiger partial charge in [0.05, 0.1) is 0 Å². The second-order valence-corrected chi connectivity index (χ2v) is 5.40. The number of rotatable bonds is 2. The minimum absolute atomic E-state index is 0.0783. The lowest BCUT2D eigenvalue weighted by Gasteiger charge is -2.45. The van der Waals surface area contributed by atoms with Gasteiger partial charge < -0.3 is 10.6 Å². The van der Waals surface area contributed by atoms with Gasteiger partial charge in [-0.15, -0.1) is 0 Å². The van der Waals surface area contributed by atoms with E-state index in [9.17, 15) is 0 Å². The molecule has 0 radical (unpaired) electrons. The molecular weight excluding hydrogens is 200 g/mol.